The van der Waals surface area contributed by atoms with Crippen LogP contribution in [0.4, 0.5) is 0 Å². The fourth-order valence-electron chi connectivity index (χ4n) is 2.52. The SMILES string of the molecule is COc1ccccc1OCC(=O)N/N=C\c1ccc(OCc2ccccc2Cl)cc1. The van der Waals surface area contributed by atoms with Gasteiger partial charge in [-0.1, -0.05) is 41.9 Å². The number of halogens is 1. The summed E-state index contributed by atoms with van der Waals surface area (Å²) in [6, 6.07) is 22.0. The molecule has 0 heterocycles. The van der Waals surface area contributed by atoms with Gasteiger partial charge < -0.3 is 14.2 Å². The van der Waals surface area contributed by atoms with Gasteiger partial charge in [-0.05, 0) is 48.0 Å². The van der Waals surface area contributed by atoms with Crippen LogP contribution in [0.15, 0.2) is 77.9 Å². The van der Waals surface area contributed by atoms with Crippen molar-refractivity contribution in [2.75, 3.05) is 13.7 Å². The summed E-state index contributed by atoms with van der Waals surface area (Å²) in [4.78, 5) is 11.9. The Morgan fingerprint density at radius 3 is 2.40 bits per heavy atom. The molecule has 154 valence electrons. The van der Waals surface area contributed by atoms with E-state index < -0.39 is 0 Å². The van der Waals surface area contributed by atoms with E-state index in [0.29, 0.717) is 28.9 Å². The van der Waals surface area contributed by atoms with Crippen molar-refractivity contribution in [3.63, 3.8) is 0 Å². The molecule has 3 rings (SSSR count). The highest BCUT2D eigenvalue weighted by molar-refractivity contribution is 6.31. The van der Waals surface area contributed by atoms with E-state index in [2.05, 4.69) is 10.5 Å². The Balaban J connectivity index is 1.44. The van der Waals surface area contributed by atoms with Crippen LogP contribution in [0, 0.1) is 0 Å². The number of nitrogens with one attached hydrogen (secondary N) is 1. The van der Waals surface area contributed by atoms with Gasteiger partial charge in [0.15, 0.2) is 18.1 Å². The normalized spacial score (nSPS) is 10.6. The third-order valence-corrected chi connectivity index (χ3v) is 4.43. The van der Waals surface area contributed by atoms with Gasteiger partial charge >= 0.3 is 0 Å². The van der Waals surface area contributed by atoms with Crippen LogP contribution < -0.4 is 19.6 Å². The summed E-state index contributed by atoms with van der Waals surface area (Å²) in [7, 11) is 1.54. The molecule has 7 heteroatoms. The van der Waals surface area contributed by atoms with Crippen molar-refractivity contribution < 1.29 is 19.0 Å². The van der Waals surface area contributed by atoms with Gasteiger partial charge in [0.25, 0.3) is 5.91 Å². The Labute approximate surface area is 180 Å². The summed E-state index contributed by atoms with van der Waals surface area (Å²) in [6.45, 7) is 0.210. The number of hydrazone groups is 1. The molecule has 0 saturated heterocycles. The first-order valence-electron chi connectivity index (χ1n) is 9.19. The summed E-state index contributed by atoms with van der Waals surface area (Å²) in [5, 5.41) is 4.61. The summed E-state index contributed by atoms with van der Waals surface area (Å²) in [5.74, 6) is 1.38. The Morgan fingerprint density at radius 1 is 0.967 bits per heavy atom. The molecule has 30 heavy (non-hydrogen) atoms. The van der Waals surface area contributed by atoms with Gasteiger partial charge in [-0.15, -0.1) is 0 Å². The van der Waals surface area contributed by atoms with Crippen LogP contribution in [-0.4, -0.2) is 25.8 Å². The molecule has 0 spiro atoms. The lowest BCUT2D eigenvalue weighted by Gasteiger charge is -2.09. The lowest BCUT2D eigenvalue weighted by atomic mass is 10.2. The number of benzene rings is 3. The number of rotatable bonds is 9. The predicted molar refractivity (Wildman–Crippen MR) is 116 cm³/mol. The number of methoxy groups -OCH3 is 1. The number of hydrogen-bond acceptors (Lipinski definition) is 5. The van der Waals surface area contributed by atoms with Crippen molar-refractivity contribution >= 4 is 23.7 Å². The number of hydrogen-bond donors (Lipinski definition) is 1. The van der Waals surface area contributed by atoms with Crippen LogP contribution in [0.3, 0.4) is 0 Å². The highest BCUT2D eigenvalue weighted by atomic mass is 35.5. The maximum absolute atomic E-state index is 11.9. The average Bonchev–Trinajstić information content (AvgIpc) is 2.78. The summed E-state index contributed by atoms with van der Waals surface area (Å²) in [5.41, 5.74) is 4.16. The monoisotopic (exact) mass is 424 g/mol. The number of amides is 1. The van der Waals surface area contributed by atoms with E-state index >= 15 is 0 Å². The highest BCUT2D eigenvalue weighted by Crippen LogP contribution is 2.25. The first kappa shape index (κ1) is 21.2. The minimum atomic E-state index is -0.378. The number of ether oxygens (including phenoxy) is 3. The molecular formula is C23H21ClN2O4. The molecule has 0 aliphatic carbocycles. The molecule has 3 aromatic carbocycles. The lowest BCUT2D eigenvalue weighted by molar-refractivity contribution is -0.123. The first-order chi connectivity index (χ1) is 14.7. The third-order valence-electron chi connectivity index (χ3n) is 4.06. The summed E-state index contributed by atoms with van der Waals surface area (Å²) in [6.07, 6.45) is 1.54. The zero-order valence-corrected chi connectivity index (χ0v) is 17.1. The highest BCUT2D eigenvalue weighted by Gasteiger charge is 2.06. The molecule has 0 bridgehead atoms. The van der Waals surface area contributed by atoms with E-state index in [1.54, 1.807) is 31.5 Å². The molecule has 0 unspecified atom stereocenters. The second-order valence-corrected chi connectivity index (χ2v) is 6.59. The van der Waals surface area contributed by atoms with E-state index in [1.165, 1.54) is 0 Å². The van der Waals surface area contributed by atoms with Gasteiger partial charge in [0.05, 0.1) is 13.3 Å². The van der Waals surface area contributed by atoms with Crippen LogP contribution >= 0.6 is 11.6 Å². The molecule has 3 aromatic rings. The van der Waals surface area contributed by atoms with Gasteiger partial charge in [-0.3, -0.25) is 4.79 Å². The van der Waals surface area contributed by atoms with Gasteiger partial charge in [0, 0.05) is 10.6 Å². The van der Waals surface area contributed by atoms with E-state index in [-0.39, 0.29) is 12.5 Å². The van der Waals surface area contributed by atoms with Crippen LogP contribution in [0.1, 0.15) is 11.1 Å². The van der Waals surface area contributed by atoms with Crippen LogP contribution in [0.2, 0.25) is 5.02 Å². The predicted octanol–water partition coefficient (Wildman–Crippen LogP) is 4.46. The van der Waals surface area contributed by atoms with Crippen molar-refractivity contribution in [2.24, 2.45) is 5.10 Å². The molecule has 0 aromatic heterocycles. The zero-order valence-electron chi connectivity index (χ0n) is 16.4. The van der Waals surface area contributed by atoms with Gasteiger partial charge in [0.2, 0.25) is 0 Å². The topological polar surface area (TPSA) is 69.2 Å². The maximum atomic E-state index is 11.9. The number of nitrogens with zero attached hydrogens (tertiary/aromatic N) is 1. The Kier molecular flexibility index (Phi) is 7.69. The van der Waals surface area contributed by atoms with Gasteiger partial charge in [-0.25, -0.2) is 5.43 Å². The number of carbonyl (C=O) groups excluding carboxylic acids is 1. The van der Waals surface area contributed by atoms with Crippen LogP contribution in [0.5, 0.6) is 17.2 Å². The minimum Gasteiger partial charge on any atom is -0.493 e. The fraction of sp³-hybridized carbons (Fsp3) is 0.130. The summed E-state index contributed by atoms with van der Waals surface area (Å²) < 4.78 is 16.4. The quantitative estimate of drug-likeness (QED) is 0.407. The zero-order chi connectivity index (χ0) is 21.2. The number of carbonyl (C=O) groups is 1. The molecule has 0 aliphatic rings. The smallest absolute Gasteiger partial charge is 0.277 e. The van der Waals surface area contributed by atoms with E-state index in [1.807, 2.05) is 54.6 Å². The molecule has 6 nitrogen and oxygen atoms in total. The van der Waals surface area contributed by atoms with Crippen LogP contribution in [-0.2, 0) is 11.4 Å². The Morgan fingerprint density at radius 2 is 1.67 bits per heavy atom. The van der Waals surface area contributed by atoms with Crippen molar-refractivity contribution in [3.05, 3.63) is 88.9 Å². The number of para-hydroxylation sites is 2. The largest absolute Gasteiger partial charge is 0.493 e. The van der Waals surface area contributed by atoms with E-state index in [9.17, 15) is 4.79 Å². The molecule has 0 fully saturated rings. The Bertz CT molecular complexity index is 1010. The van der Waals surface area contributed by atoms with Gasteiger partial charge in [0.1, 0.15) is 12.4 Å². The van der Waals surface area contributed by atoms with Crippen LogP contribution in [0.25, 0.3) is 0 Å². The van der Waals surface area contributed by atoms with Gasteiger partial charge in [-0.2, -0.15) is 5.10 Å². The Hall–Kier alpha value is -3.51. The molecule has 0 aliphatic heterocycles. The first-order valence-corrected chi connectivity index (χ1v) is 9.57. The standard InChI is InChI=1S/C23H21ClN2O4/c1-28-21-8-4-5-9-22(21)30-16-23(27)26-25-14-17-10-12-19(13-11-17)29-15-18-6-2-3-7-20(18)24/h2-14H,15-16H2,1H3,(H,26,27)/b25-14-. The van der Waals surface area contributed by atoms with E-state index in [4.69, 9.17) is 25.8 Å². The maximum Gasteiger partial charge on any atom is 0.277 e. The van der Waals surface area contributed by atoms with Crippen molar-refractivity contribution in [1.82, 2.24) is 5.43 Å². The molecule has 0 atom stereocenters. The minimum absolute atomic E-state index is 0.174. The second-order valence-electron chi connectivity index (χ2n) is 6.18. The lowest BCUT2D eigenvalue weighted by Crippen LogP contribution is -2.24. The van der Waals surface area contributed by atoms with Crippen molar-refractivity contribution in [3.8, 4) is 17.2 Å². The fourth-order valence-corrected chi connectivity index (χ4v) is 2.71. The second kappa shape index (κ2) is 10.9. The van der Waals surface area contributed by atoms with Crippen molar-refractivity contribution in [1.29, 1.82) is 0 Å². The van der Waals surface area contributed by atoms with E-state index in [0.717, 1.165) is 11.1 Å². The molecule has 0 saturated carbocycles. The molecule has 0 radical (unpaired) electrons. The molecule has 1 amide bonds. The molecular weight excluding hydrogens is 404 g/mol. The molecule has 1 N–H and O–H groups in total. The third kappa shape index (κ3) is 6.25. The average molecular weight is 425 g/mol. The van der Waals surface area contributed by atoms with Crippen molar-refractivity contribution in [2.45, 2.75) is 6.61 Å². The summed E-state index contributed by atoms with van der Waals surface area (Å²) >= 11 is 6.12.